The minimum absolute atomic E-state index is 0.0740. The zero-order chi connectivity index (χ0) is 16.9. The van der Waals surface area contributed by atoms with Crippen molar-refractivity contribution in [2.75, 3.05) is 4.90 Å². The van der Waals surface area contributed by atoms with Gasteiger partial charge in [0.05, 0.1) is 0 Å². The molecule has 0 aliphatic rings. The van der Waals surface area contributed by atoms with Crippen LogP contribution in [0.3, 0.4) is 0 Å². The number of carbonyl (C=O) groups excluding carboxylic acids is 2. The van der Waals surface area contributed by atoms with Gasteiger partial charge >= 0.3 is 0 Å². The third-order valence-corrected chi connectivity index (χ3v) is 3.38. The van der Waals surface area contributed by atoms with Gasteiger partial charge in [-0.15, -0.1) is 0 Å². The fourth-order valence-corrected chi connectivity index (χ4v) is 2.25. The van der Waals surface area contributed by atoms with Crippen LogP contribution >= 0.6 is 0 Å². The first-order chi connectivity index (χ1) is 11.7. The lowest BCUT2D eigenvalue weighted by molar-refractivity contribution is 0.0896. The van der Waals surface area contributed by atoms with Crippen molar-refractivity contribution in [2.45, 2.75) is 0 Å². The Bertz CT molecular complexity index is 867. The van der Waals surface area contributed by atoms with E-state index in [2.05, 4.69) is 4.98 Å². The lowest BCUT2D eigenvalue weighted by Crippen LogP contribution is -2.37. The molecule has 1 heterocycles. The highest BCUT2D eigenvalue weighted by Crippen LogP contribution is 2.18. The van der Waals surface area contributed by atoms with Gasteiger partial charge in [0.25, 0.3) is 11.8 Å². The molecule has 4 nitrogen and oxygen atoms in total. The quantitative estimate of drug-likeness (QED) is 0.691. The minimum atomic E-state index is -0.637. The van der Waals surface area contributed by atoms with Crippen molar-refractivity contribution < 1.29 is 14.0 Å². The molecule has 0 N–H and O–H groups in total. The second kappa shape index (κ2) is 6.83. The molecule has 2 aromatic carbocycles. The molecule has 3 rings (SSSR count). The van der Waals surface area contributed by atoms with Gasteiger partial charge in [0.1, 0.15) is 11.6 Å². The Kier molecular flexibility index (Phi) is 4.43. The number of pyridine rings is 1. The Hall–Kier alpha value is -3.34. The van der Waals surface area contributed by atoms with Crippen LogP contribution in [0.2, 0.25) is 0 Å². The second-order valence-electron chi connectivity index (χ2n) is 5.01. The van der Waals surface area contributed by atoms with Gasteiger partial charge in [-0.3, -0.25) is 9.59 Å². The van der Waals surface area contributed by atoms with Crippen LogP contribution in [0.5, 0.6) is 0 Å². The number of hydrogen-bond acceptors (Lipinski definition) is 3. The third-order valence-electron chi connectivity index (χ3n) is 3.38. The summed E-state index contributed by atoms with van der Waals surface area (Å²) in [6.07, 6.45) is 1.49. The van der Waals surface area contributed by atoms with Crippen molar-refractivity contribution in [3.63, 3.8) is 0 Å². The number of rotatable bonds is 3. The first kappa shape index (κ1) is 15.6. The molecule has 24 heavy (non-hydrogen) atoms. The molecular formula is C19H13FN2O2. The van der Waals surface area contributed by atoms with Crippen molar-refractivity contribution in [3.05, 3.63) is 95.9 Å². The molecule has 1 aromatic heterocycles. The number of benzene rings is 2. The van der Waals surface area contributed by atoms with E-state index in [0.717, 1.165) is 11.0 Å². The normalized spacial score (nSPS) is 10.2. The molecule has 3 aromatic rings. The Morgan fingerprint density at radius 1 is 0.792 bits per heavy atom. The Morgan fingerprint density at radius 2 is 1.46 bits per heavy atom. The van der Waals surface area contributed by atoms with Crippen LogP contribution in [0, 0.1) is 5.82 Å². The third kappa shape index (κ3) is 3.20. The summed E-state index contributed by atoms with van der Waals surface area (Å²) in [7, 11) is 0. The molecule has 5 heteroatoms. The van der Waals surface area contributed by atoms with Crippen LogP contribution in [0.15, 0.2) is 79.0 Å². The predicted molar refractivity (Wildman–Crippen MR) is 88.2 cm³/mol. The van der Waals surface area contributed by atoms with Gasteiger partial charge in [0.15, 0.2) is 0 Å². The Morgan fingerprint density at radius 3 is 2.12 bits per heavy atom. The van der Waals surface area contributed by atoms with Gasteiger partial charge in [0, 0.05) is 17.3 Å². The molecule has 0 spiro atoms. The highest BCUT2D eigenvalue weighted by Gasteiger charge is 2.27. The van der Waals surface area contributed by atoms with E-state index in [-0.39, 0.29) is 11.4 Å². The van der Waals surface area contributed by atoms with E-state index in [1.165, 1.54) is 24.4 Å². The first-order valence-corrected chi connectivity index (χ1v) is 7.27. The summed E-state index contributed by atoms with van der Waals surface area (Å²) in [4.78, 5) is 30.7. The van der Waals surface area contributed by atoms with E-state index >= 15 is 0 Å². The fraction of sp³-hybridized carbons (Fsp3) is 0. The highest BCUT2D eigenvalue weighted by molar-refractivity contribution is 6.25. The number of aromatic nitrogens is 1. The van der Waals surface area contributed by atoms with E-state index in [1.54, 1.807) is 48.5 Å². The molecule has 0 radical (unpaired) electrons. The van der Waals surface area contributed by atoms with Crippen LogP contribution in [-0.4, -0.2) is 16.8 Å². The van der Waals surface area contributed by atoms with E-state index in [4.69, 9.17) is 0 Å². The molecule has 0 saturated heterocycles. The second-order valence-corrected chi connectivity index (χ2v) is 5.01. The van der Waals surface area contributed by atoms with Gasteiger partial charge in [-0.2, -0.15) is 0 Å². The Labute approximate surface area is 138 Å². The molecule has 0 fully saturated rings. The number of carbonyl (C=O) groups is 2. The largest absolute Gasteiger partial charge is 0.268 e. The molecule has 2 amide bonds. The fourth-order valence-electron chi connectivity index (χ4n) is 2.25. The Balaban J connectivity index is 2.06. The van der Waals surface area contributed by atoms with Crippen LogP contribution in [0.4, 0.5) is 10.2 Å². The van der Waals surface area contributed by atoms with Gasteiger partial charge in [0.2, 0.25) is 0 Å². The summed E-state index contributed by atoms with van der Waals surface area (Å²) in [6.45, 7) is 0. The summed E-state index contributed by atoms with van der Waals surface area (Å²) in [5, 5.41) is 0. The predicted octanol–water partition coefficient (Wildman–Crippen LogP) is 3.71. The average Bonchev–Trinajstić information content (AvgIpc) is 2.63. The van der Waals surface area contributed by atoms with E-state index in [9.17, 15) is 14.0 Å². The zero-order valence-electron chi connectivity index (χ0n) is 12.6. The monoisotopic (exact) mass is 320 g/mol. The molecule has 0 atom stereocenters. The number of anilines is 1. The van der Waals surface area contributed by atoms with E-state index in [0.29, 0.717) is 5.56 Å². The smallest absolute Gasteiger partial charge is 0.266 e. The summed E-state index contributed by atoms with van der Waals surface area (Å²) >= 11 is 0. The van der Waals surface area contributed by atoms with Crippen LogP contribution < -0.4 is 4.90 Å². The maximum absolute atomic E-state index is 13.4. The van der Waals surface area contributed by atoms with E-state index < -0.39 is 17.6 Å². The van der Waals surface area contributed by atoms with Gasteiger partial charge < -0.3 is 0 Å². The lowest BCUT2D eigenvalue weighted by atomic mass is 10.1. The number of nitrogens with zero attached hydrogens (tertiary/aromatic N) is 2. The topological polar surface area (TPSA) is 50.3 Å². The molecular weight excluding hydrogens is 307 g/mol. The number of hydrogen-bond donors (Lipinski definition) is 0. The van der Waals surface area contributed by atoms with Gasteiger partial charge in [-0.1, -0.05) is 30.3 Å². The lowest BCUT2D eigenvalue weighted by Gasteiger charge is -2.20. The first-order valence-electron chi connectivity index (χ1n) is 7.27. The maximum Gasteiger partial charge on any atom is 0.266 e. The van der Waals surface area contributed by atoms with Crippen molar-refractivity contribution in [3.8, 4) is 0 Å². The van der Waals surface area contributed by atoms with Crippen LogP contribution in [-0.2, 0) is 0 Å². The highest BCUT2D eigenvalue weighted by atomic mass is 19.1. The standard InChI is InChI=1S/C19H13FN2O2/c20-16-10-6-9-15(13-16)19(24)22(17-11-4-5-12-21-17)18(23)14-7-2-1-3-8-14/h1-13H. The maximum atomic E-state index is 13.4. The van der Waals surface area contributed by atoms with E-state index in [1.807, 2.05) is 0 Å². The van der Waals surface area contributed by atoms with Gasteiger partial charge in [-0.05, 0) is 42.5 Å². The summed E-state index contributed by atoms with van der Waals surface area (Å²) < 4.78 is 13.4. The van der Waals surface area contributed by atoms with Crippen molar-refractivity contribution in [1.82, 2.24) is 4.98 Å². The average molecular weight is 320 g/mol. The van der Waals surface area contributed by atoms with Crippen LogP contribution in [0.1, 0.15) is 20.7 Å². The molecule has 0 saturated carbocycles. The number of amides is 2. The SMILES string of the molecule is O=C(c1ccccc1)N(C(=O)c1cccc(F)c1)c1ccccn1. The minimum Gasteiger partial charge on any atom is -0.268 e. The zero-order valence-corrected chi connectivity index (χ0v) is 12.6. The summed E-state index contributed by atoms with van der Waals surface area (Å²) in [5.74, 6) is -1.53. The summed E-state index contributed by atoms with van der Waals surface area (Å²) in [6, 6.07) is 18.5. The molecule has 0 bridgehead atoms. The molecule has 118 valence electrons. The van der Waals surface area contributed by atoms with Crippen molar-refractivity contribution >= 4 is 17.6 Å². The summed E-state index contributed by atoms with van der Waals surface area (Å²) in [5.41, 5.74) is 0.415. The van der Waals surface area contributed by atoms with Gasteiger partial charge in [-0.25, -0.2) is 14.3 Å². The molecule has 0 aliphatic carbocycles. The van der Waals surface area contributed by atoms with Crippen molar-refractivity contribution in [2.24, 2.45) is 0 Å². The number of halogens is 1. The van der Waals surface area contributed by atoms with Crippen molar-refractivity contribution in [1.29, 1.82) is 0 Å². The van der Waals surface area contributed by atoms with Crippen LogP contribution in [0.25, 0.3) is 0 Å². The number of imide groups is 1. The molecule has 0 aliphatic heterocycles. The molecule has 0 unspecified atom stereocenters.